The van der Waals surface area contributed by atoms with Crippen LogP contribution in [0.5, 0.6) is 0 Å². The van der Waals surface area contributed by atoms with Gasteiger partial charge in [0.15, 0.2) is 5.96 Å². The summed E-state index contributed by atoms with van der Waals surface area (Å²) >= 11 is 0. The van der Waals surface area contributed by atoms with Crippen LogP contribution >= 0.6 is 0 Å². The average molecular weight is 372 g/mol. The molecular formula is C19H28N6O2. The molecule has 2 rings (SSSR count). The fraction of sp³-hybridized carbons (Fsp3) is 0.474. The fourth-order valence-corrected chi connectivity index (χ4v) is 2.23. The number of aliphatic imine (C=N–C) groups is 1. The third-order valence-corrected chi connectivity index (χ3v) is 3.72. The van der Waals surface area contributed by atoms with E-state index in [0.717, 1.165) is 11.5 Å². The Morgan fingerprint density at radius 1 is 1.26 bits per heavy atom. The van der Waals surface area contributed by atoms with Crippen LogP contribution < -0.4 is 16.0 Å². The summed E-state index contributed by atoms with van der Waals surface area (Å²) < 4.78 is 5.73. The minimum absolute atomic E-state index is 0.0787. The topological polar surface area (TPSA) is 104 Å². The molecule has 3 N–H and O–H groups in total. The molecule has 0 fully saturated rings. The van der Waals surface area contributed by atoms with E-state index in [9.17, 15) is 4.79 Å². The summed E-state index contributed by atoms with van der Waals surface area (Å²) in [6.07, 6.45) is 2.04. The summed E-state index contributed by atoms with van der Waals surface area (Å²) in [5, 5.41) is 8.99. The number of guanidine groups is 1. The number of amides is 1. The molecule has 2 aromatic rings. The van der Waals surface area contributed by atoms with Gasteiger partial charge in [0.2, 0.25) is 11.8 Å². The monoisotopic (exact) mass is 372 g/mol. The molecule has 0 spiro atoms. The summed E-state index contributed by atoms with van der Waals surface area (Å²) in [6, 6.07) is 5.50. The Bertz CT molecular complexity index is 791. The van der Waals surface area contributed by atoms with Crippen LogP contribution in [0, 0.1) is 6.92 Å². The van der Waals surface area contributed by atoms with Crippen molar-refractivity contribution in [2.45, 2.75) is 46.1 Å². The molecule has 0 aliphatic carbocycles. The van der Waals surface area contributed by atoms with Crippen molar-refractivity contribution in [2.24, 2.45) is 4.99 Å². The van der Waals surface area contributed by atoms with E-state index in [1.807, 2.05) is 19.1 Å². The second-order valence-electron chi connectivity index (χ2n) is 7.18. The van der Waals surface area contributed by atoms with Crippen molar-refractivity contribution in [1.82, 2.24) is 20.6 Å². The Balaban J connectivity index is 1.74. The van der Waals surface area contributed by atoms with E-state index in [1.165, 1.54) is 0 Å². The van der Waals surface area contributed by atoms with E-state index in [-0.39, 0.29) is 11.3 Å². The first-order chi connectivity index (χ1) is 12.8. The van der Waals surface area contributed by atoms with Gasteiger partial charge in [0.05, 0.1) is 12.7 Å². The average Bonchev–Trinajstić information content (AvgIpc) is 3.07. The van der Waals surface area contributed by atoms with Crippen LogP contribution in [0.1, 0.15) is 44.5 Å². The maximum atomic E-state index is 12.0. The normalized spacial score (nSPS) is 12.0. The van der Waals surface area contributed by atoms with E-state index in [0.29, 0.717) is 37.2 Å². The highest BCUT2D eigenvalue weighted by Gasteiger charge is 2.19. The number of rotatable bonds is 6. The molecule has 0 saturated carbocycles. The molecule has 2 heterocycles. The molecule has 27 heavy (non-hydrogen) atoms. The standard InChI is InChI=1S/C19H28N6O2/c1-13-7-6-8-15(24-13)25-16(26)9-10-21-18(20-5)23-12-17-22-11-14(27-17)19(2,3)4/h6-8,11H,9-10,12H2,1-5H3,(H2,20,21,23)(H,24,25,26). The first kappa shape index (κ1) is 20.4. The van der Waals surface area contributed by atoms with Crippen LogP contribution in [-0.4, -0.2) is 35.4 Å². The van der Waals surface area contributed by atoms with Gasteiger partial charge in [-0.1, -0.05) is 26.8 Å². The second-order valence-corrected chi connectivity index (χ2v) is 7.18. The van der Waals surface area contributed by atoms with Gasteiger partial charge in [0, 0.05) is 31.1 Å². The summed E-state index contributed by atoms with van der Waals surface area (Å²) in [5.74, 6) is 2.45. The van der Waals surface area contributed by atoms with Crippen LogP contribution in [0.4, 0.5) is 5.82 Å². The van der Waals surface area contributed by atoms with Crippen LogP contribution in [0.2, 0.25) is 0 Å². The zero-order chi connectivity index (χ0) is 19.9. The highest BCUT2D eigenvalue weighted by Crippen LogP contribution is 2.22. The Labute approximate surface area is 159 Å². The number of nitrogens with zero attached hydrogens (tertiary/aromatic N) is 3. The number of oxazole rings is 1. The lowest BCUT2D eigenvalue weighted by Crippen LogP contribution is -2.38. The first-order valence-corrected chi connectivity index (χ1v) is 8.91. The lowest BCUT2D eigenvalue weighted by Gasteiger charge is -2.13. The number of pyridine rings is 1. The minimum Gasteiger partial charge on any atom is -0.443 e. The van der Waals surface area contributed by atoms with Gasteiger partial charge in [-0.25, -0.2) is 9.97 Å². The third-order valence-electron chi connectivity index (χ3n) is 3.72. The van der Waals surface area contributed by atoms with E-state index in [1.54, 1.807) is 19.3 Å². The van der Waals surface area contributed by atoms with Gasteiger partial charge >= 0.3 is 0 Å². The number of carbonyl (C=O) groups is 1. The Morgan fingerprint density at radius 3 is 2.67 bits per heavy atom. The van der Waals surface area contributed by atoms with Gasteiger partial charge in [-0.15, -0.1) is 0 Å². The van der Waals surface area contributed by atoms with Crippen molar-refractivity contribution in [2.75, 3.05) is 18.9 Å². The molecule has 0 bridgehead atoms. The number of anilines is 1. The summed E-state index contributed by atoms with van der Waals surface area (Å²) in [5.41, 5.74) is 0.779. The molecule has 0 atom stereocenters. The Kier molecular flexibility index (Phi) is 6.92. The lowest BCUT2D eigenvalue weighted by atomic mass is 9.94. The fourth-order valence-electron chi connectivity index (χ4n) is 2.23. The molecule has 146 valence electrons. The molecule has 0 saturated heterocycles. The predicted octanol–water partition coefficient (Wildman–Crippen LogP) is 2.37. The zero-order valence-electron chi connectivity index (χ0n) is 16.6. The third kappa shape index (κ3) is 6.73. The lowest BCUT2D eigenvalue weighted by molar-refractivity contribution is -0.116. The number of hydrogen-bond acceptors (Lipinski definition) is 5. The zero-order valence-corrected chi connectivity index (χ0v) is 16.6. The molecule has 0 unspecified atom stereocenters. The molecule has 2 aromatic heterocycles. The number of nitrogens with one attached hydrogen (secondary N) is 3. The number of aryl methyl sites for hydroxylation is 1. The summed E-state index contributed by atoms with van der Waals surface area (Å²) in [7, 11) is 1.67. The van der Waals surface area contributed by atoms with E-state index >= 15 is 0 Å². The number of hydrogen-bond donors (Lipinski definition) is 3. The molecular weight excluding hydrogens is 344 g/mol. The van der Waals surface area contributed by atoms with Crippen LogP contribution in [-0.2, 0) is 16.8 Å². The van der Waals surface area contributed by atoms with Crippen LogP contribution in [0.25, 0.3) is 0 Å². The van der Waals surface area contributed by atoms with Crippen molar-refractivity contribution >= 4 is 17.7 Å². The van der Waals surface area contributed by atoms with Crippen LogP contribution in [0.15, 0.2) is 33.8 Å². The van der Waals surface area contributed by atoms with Gasteiger partial charge < -0.3 is 20.4 Å². The van der Waals surface area contributed by atoms with Crippen molar-refractivity contribution in [3.63, 3.8) is 0 Å². The quantitative estimate of drug-likeness (QED) is 0.531. The van der Waals surface area contributed by atoms with Crippen molar-refractivity contribution < 1.29 is 9.21 Å². The van der Waals surface area contributed by atoms with E-state index < -0.39 is 0 Å². The van der Waals surface area contributed by atoms with Gasteiger partial charge in [0.1, 0.15) is 11.6 Å². The van der Waals surface area contributed by atoms with Gasteiger partial charge in [0.25, 0.3) is 0 Å². The molecule has 0 aliphatic heterocycles. The first-order valence-electron chi connectivity index (χ1n) is 8.91. The van der Waals surface area contributed by atoms with E-state index in [2.05, 4.69) is 51.7 Å². The summed E-state index contributed by atoms with van der Waals surface area (Å²) in [4.78, 5) is 24.6. The van der Waals surface area contributed by atoms with Gasteiger partial charge in [-0.05, 0) is 19.1 Å². The SMILES string of the molecule is CN=C(NCCC(=O)Nc1cccc(C)n1)NCc1ncc(C(C)(C)C)o1. The summed E-state index contributed by atoms with van der Waals surface area (Å²) in [6.45, 7) is 8.95. The molecule has 0 aliphatic rings. The maximum absolute atomic E-state index is 12.0. The molecule has 0 radical (unpaired) electrons. The number of carbonyl (C=O) groups excluding carboxylic acids is 1. The minimum atomic E-state index is -0.112. The van der Waals surface area contributed by atoms with E-state index in [4.69, 9.17) is 4.42 Å². The Morgan fingerprint density at radius 2 is 2.04 bits per heavy atom. The highest BCUT2D eigenvalue weighted by molar-refractivity contribution is 5.90. The van der Waals surface area contributed by atoms with Gasteiger partial charge in [-0.3, -0.25) is 9.79 Å². The molecule has 0 aromatic carbocycles. The second kappa shape index (κ2) is 9.16. The molecule has 8 heteroatoms. The van der Waals surface area contributed by atoms with Crippen molar-refractivity contribution in [3.8, 4) is 0 Å². The van der Waals surface area contributed by atoms with Crippen LogP contribution in [0.3, 0.4) is 0 Å². The molecule has 1 amide bonds. The Hall–Kier alpha value is -2.90. The molecule has 8 nitrogen and oxygen atoms in total. The smallest absolute Gasteiger partial charge is 0.227 e. The predicted molar refractivity (Wildman–Crippen MR) is 106 cm³/mol. The number of aromatic nitrogens is 2. The maximum Gasteiger partial charge on any atom is 0.227 e. The van der Waals surface area contributed by atoms with Crippen molar-refractivity contribution in [3.05, 3.63) is 41.7 Å². The largest absolute Gasteiger partial charge is 0.443 e. The highest BCUT2D eigenvalue weighted by atomic mass is 16.4. The van der Waals surface area contributed by atoms with Gasteiger partial charge in [-0.2, -0.15) is 0 Å². The van der Waals surface area contributed by atoms with Crippen molar-refractivity contribution in [1.29, 1.82) is 0 Å².